The lowest BCUT2D eigenvalue weighted by molar-refractivity contribution is -0.116. The molecular weight excluding hydrogens is 296 g/mol. The van der Waals surface area contributed by atoms with E-state index in [0.29, 0.717) is 18.7 Å². The zero-order chi connectivity index (χ0) is 16.0. The molecule has 0 bridgehead atoms. The van der Waals surface area contributed by atoms with Crippen LogP contribution < -0.4 is 5.32 Å². The van der Waals surface area contributed by atoms with Gasteiger partial charge in [-0.3, -0.25) is 4.79 Å². The van der Waals surface area contributed by atoms with Crippen molar-refractivity contribution in [1.29, 1.82) is 0 Å². The summed E-state index contributed by atoms with van der Waals surface area (Å²) in [6.45, 7) is 2.50. The minimum Gasteiger partial charge on any atom is -0.360 e. The largest absolute Gasteiger partial charge is 0.360 e. The van der Waals surface area contributed by atoms with Crippen LogP contribution in [0.3, 0.4) is 0 Å². The van der Waals surface area contributed by atoms with Gasteiger partial charge in [0.05, 0.1) is 12.8 Å². The minimum atomic E-state index is -3.43. The summed E-state index contributed by atoms with van der Waals surface area (Å²) in [7, 11) is 0.379. The molecule has 120 valence electrons. The smallest absolute Gasteiger partial charge is 0.240 e. The lowest BCUT2D eigenvalue weighted by Crippen LogP contribution is -2.38. The molecule has 0 aliphatic carbocycles. The maximum absolute atomic E-state index is 11.9. The number of anilines is 1. The van der Waals surface area contributed by atoms with Crippen LogP contribution in [0.25, 0.3) is 0 Å². The first-order valence-corrected chi connectivity index (χ1v) is 8.36. The molecule has 0 spiro atoms. The average Bonchev–Trinajstić information content (AvgIpc) is 2.71. The highest BCUT2D eigenvalue weighted by molar-refractivity contribution is 7.88. The van der Waals surface area contributed by atoms with Crippen molar-refractivity contribution in [3.63, 3.8) is 0 Å². The lowest BCUT2D eigenvalue weighted by atomic mass is 10.4. The van der Waals surface area contributed by atoms with Crippen LogP contribution in [0.5, 0.6) is 0 Å². The lowest BCUT2D eigenvalue weighted by Gasteiger charge is -2.20. The van der Waals surface area contributed by atoms with E-state index in [1.165, 1.54) is 0 Å². The molecule has 0 saturated heterocycles. The number of aryl methyl sites for hydroxylation is 1. The zero-order valence-electron chi connectivity index (χ0n) is 12.8. The number of carbonyl (C=O) groups excluding carboxylic acids is 1. The summed E-state index contributed by atoms with van der Waals surface area (Å²) in [6, 6.07) is 1.56. The molecule has 0 radical (unpaired) electrons. The van der Waals surface area contributed by atoms with Gasteiger partial charge in [-0.25, -0.2) is 8.42 Å². The van der Waals surface area contributed by atoms with E-state index in [-0.39, 0.29) is 12.4 Å². The quantitative estimate of drug-likeness (QED) is 0.732. The number of nitrogens with zero attached hydrogens (tertiary/aromatic N) is 3. The Labute approximate surface area is 125 Å². The third-order valence-corrected chi connectivity index (χ3v) is 3.95. The van der Waals surface area contributed by atoms with Crippen LogP contribution in [0.1, 0.15) is 12.2 Å². The third kappa shape index (κ3) is 6.69. The summed E-state index contributed by atoms with van der Waals surface area (Å²) in [5.41, 5.74) is 0. The molecule has 0 saturated carbocycles. The number of nitrogens with one attached hydrogen (secondary N) is 1. The Kier molecular flexibility index (Phi) is 6.31. The van der Waals surface area contributed by atoms with Gasteiger partial charge in [0.25, 0.3) is 0 Å². The molecule has 9 heteroatoms. The summed E-state index contributed by atoms with van der Waals surface area (Å²) in [6.07, 6.45) is 1.74. The Balaban J connectivity index is 2.57. The van der Waals surface area contributed by atoms with Gasteiger partial charge < -0.3 is 14.7 Å². The van der Waals surface area contributed by atoms with Crippen molar-refractivity contribution in [3.05, 3.63) is 11.8 Å². The Bertz CT molecular complexity index is 568. The van der Waals surface area contributed by atoms with Gasteiger partial charge in [0.15, 0.2) is 5.82 Å². The zero-order valence-corrected chi connectivity index (χ0v) is 13.6. The predicted octanol–water partition coefficient (Wildman–Crippen LogP) is 0.135. The van der Waals surface area contributed by atoms with E-state index in [2.05, 4.69) is 10.5 Å². The van der Waals surface area contributed by atoms with Crippen LogP contribution in [-0.4, -0.2) is 68.7 Å². The van der Waals surface area contributed by atoms with Crippen molar-refractivity contribution >= 4 is 21.7 Å². The van der Waals surface area contributed by atoms with E-state index in [0.717, 1.165) is 17.1 Å². The van der Waals surface area contributed by atoms with Crippen molar-refractivity contribution in [2.45, 2.75) is 13.3 Å². The molecule has 8 nitrogen and oxygen atoms in total. The van der Waals surface area contributed by atoms with Crippen molar-refractivity contribution < 1.29 is 17.7 Å². The summed E-state index contributed by atoms with van der Waals surface area (Å²) in [5.74, 6) is 0.397. The number of hydrogen-bond acceptors (Lipinski definition) is 6. The molecule has 0 fully saturated rings. The monoisotopic (exact) mass is 318 g/mol. The fourth-order valence-corrected chi connectivity index (χ4v) is 2.51. The molecule has 1 heterocycles. The Morgan fingerprint density at radius 1 is 1.38 bits per heavy atom. The fraction of sp³-hybridized carbons (Fsp3) is 0.667. The Hall–Kier alpha value is -1.45. The molecule has 1 amide bonds. The number of aromatic nitrogens is 1. The van der Waals surface area contributed by atoms with Gasteiger partial charge in [-0.15, -0.1) is 0 Å². The number of sulfonamides is 1. The van der Waals surface area contributed by atoms with Gasteiger partial charge in [0.2, 0.25) is 15.9 Å². The second-order valence-electron chi connectivity index (χ2n) is 5.12. The van der Waals surface area contributed by atoms with Gasteiger partial charge >= 0.3 is 0 Å². The highest BCUT2D eigenvalue weighted by atomic mass is 32.2. The number of amides is 1. The van der Waals surface area contributed by atoms with Crippen LogP contribution >= 0.6 is 0 Å². The predicted molar refractivity (Wildman–Crippen MR) is 79.5 cm³/mol. The Morgan fingerprint density at radius 3 is 2.52 bits per heavy atom. The third-order valence-electron chi connectivity index (χ3n) is 2.70. The van der Waals surface area contributed by atoms with E-state index in [1.54, 1.807) is 13.0 Å². The van der Waals surface area contributed by atoms with Crippen LogP contribution in [0.4, 0.5) is 5.82 Å². The molecule has 0 unspecified atom stereocenters. The van der Waals surface area contributed by atoms with Crippen LogP contribution in [-0.2, 0) is 14.8 Å². The first kappa shape index (κ1) is 17.6. The van der Waals surface area contributed by atoms with E-state index >= 15 is 0 Å². The van der Waals surface area contributed by atoms with Crippen LogP contribution in [0.2, 0.25) is 0 Å². The van der Waals surface area contributed by atoms with Crippen LogP contribution in [0, 0.1) is 6.92 Å². The summed E-state index contributed by atoms with van der Waals surface area (Å²) in [4.78, 5) is 13.8. The van der Waals surface area contributed by atoms with E-state index in [4.69, 9.17) is 4.52 Å². The first-order chi connectivity index (χ1) is 9.68. The minimum absolute atomic E-state index is 0.238. The van der Waals surface area contributed by atoms with Gasteiger partial charge in [-0.05, 0) is 34.0 Å². The second-order valence-corrected chi connectivity index (χ2v) is 7.11. The maximum atomic E-state index is 11.9. The maximum Gasteiger partial charge on any atom is 0.240 e. The van der Waals surface area contributed by atoms with Gasteiger partial charge in [-0.2, -0.15) is 4.31 Å². The number of hydrogen-bond donors (Lipinski definition) is 1. The molecule has 0 atom stereocenters. The standard InChI is InChI=1S/C12H22N4O4S/c1-10-8-11(14-20-10)13-12(17)9-16(21(4,18)19)7-5-6-15(2)3/h8H,5-7,9H2,1-4H3,(H,13,14,17). The average molecular weight is 318 g/mol. The molecule has 1 N–H and O–H groups in total. The van der Waals surface area contributed by atoms with Crippen molar-refractivity contribution in [2.75, 3.05) is 45.3 Å². The molecule has 1 aromatic rings. The topological polar surface area (TPSA) is 95.8 Å². The molecule has 1 rings (SSSR count). The molecule has 1 aromatic heterocycles. The normalized spacial score (nSPS) is 12.1. The fourth-order valence-electron chi connectivity index (χ4n) is 1.69. The molecule has 21 heavy (non-hydrogen) atoms. The van der Waals surface area contributed by atoms with Gasteiger partial charge in [0.1, 0.15) is 5.76 Å². The highest BCUT2D eigenvalue weighted by Gasteiger charge is 2.20. The van der Waals surface area contributed by atoms with Crippen molar-refractivity contribution in [1.82, 2.24) is 14.4 Å². The van der Waals surface area contributed by atoms with Crippen LogP contribution in [0.15, 0.2) is 10.6 Å². The highest BCUT2D eigenvalue weighted by Crippen LogP contribution is 2.07. The van der Waals surface area contributed by atoms with Crippen molar-refractivity contribution in [2.24, 2.45) is 0 Å². The molecule has 0 aliphatic heterocycles. The summed E-state index contributed by atoms with van der Waals surface area (Å²) in [5, 5.41) is 6.13. The second kappa shape index (κ2) is 7.53. The summed E-state index contributed by atoms with van der Waals surface area (Å²) >= 11 is 0. The SMILES string of the molecule is Cc1cc(NC(=O)CN(CCCN(C)C)S(C)(=O)=O)no1. The first-order valence-electron chi connectivity index (χ1n) is 6.51. The Morgan fingerprint density at radius 2 is 2.05 bits per heavy atom. The number of carbonyl (C=O) groups is 1. The van der Waals surface area contributed by atoms with Gasteiger partial charge in [-0.1, -0.05) is 5.16 Å². The van der Waals surface area contributed by atoms with Crippen molar-refractivity contribution in [3.8, 4) is 0 Å². The molecule has 0 aliphatic rings. The molecular formula is C12H22N4O4S. The molecule has 0 aromatic carbocycles. The van der Waals surface area contributed by atoms with Gasteiger partial charge in [0, 0.05) is 12.6 Å². The van der Waals surface area contributed by atoms with E-state index < -0.39 is 15.9 Å². The van der Waals surface area contributed by atoms with E-state index in [9.17, 15) is 13.2 Å². The van der Waals surface area contributed by atoms with E-state index in [1.807, 2.05) is 19.0 Å². The summed E-state index contributed by atoms with van der Waals surface area (Å²) < 4.78 is 29.4. The number of rotatable bonds is 8.